The number of benzene rings is 1. The third kappa shape index (κ3) is 4.20. The van der Waals surface area contributed by atoms with E-state index in [9.17, 15) is 22.7 Å². The van der Waals surface area contributed by atoms with Gasteiger partial charge < -0.3 is 20.1 Å². The van der Waals surface area contributed by atoms with Gasteiger partial charge in [0.2, 0.25) is 0 Å². The number of likely N-dealkylation sites (N-methyl/N-ethyl adjacent to an activating group) is 1. The second kappa shape index (κ2) is 7.99. The van der Waals surface area contributed by atoms with Crippen LogP contribution in [0.15, 0.2) is 18.2 Å². The lowest BCUT2D eigenvalue weighted by Gasteiger charge is -2.33. The van der Waals surface area contributed by atoms with Crippen LogP contribution in [0.2, 0.25) is 0 Å². The first kappa shape index (κ1) is 20.8. The van der Waals surface area contributed by atoms with E-state index in [1.165, 1.54) is 6.07 Å². The predicted octanol–water partition coefficient (Wildman–Crippen LogP) is 3.39. The van der Waals surface area contributed by atoms with Crippen molar-refractivity contribution in [1.82, 2.24) is 15.1 Å². The Morgan fingerprint density at radius 3 is 2.70 bits per heavy atom. The lowest BCUT2D eigenvalue weighted by atomic mass is 9.96. The average molecular weight is 426 g/mol. The van der Waals surface area contributed by atoms with Gasteiger partial charge in [-0.1, -0.05) is 0 Å². The number of piperidine rings is 1. The molecule has 0 aliphatic carbocycles. The Morgan fingerprint density at radius 1 is 1.20 bits per heavy atom. The summed E-state index contributed by atoms with van der Waals surface area (Å²) in [5.41, 5.74) is 1.06. The number of alkyl halides is 4. The molecular weight excluding hydrogens is 404 g/mol. The number of aromatic hydroxyl groups is 1. The van der Waals surface area contributed by atoms with Crippen LogP contribution >= 0.6 is 0 Å². The fourth-order valence-corrected chi connectivity index (χ4v) is 4.07. The maximum atomic E-state index is 13.9. The molecule has 6 nitrogen and oxygen atoms in total. The summed E-state index contributed by atoms with van der Waals surface area (Å²) in [5, 5.41) is 21.9. The number of likely N-dealkylation sites (tertiary alicyclic amines) is 1. The fraction of sp³-hybridized carbons (Fsp3) is 0.500. The van der Waals surface area contributed by atoms with E-state index < -0.39 is 23.7 Å². The first-order valence-corrected chi connectivity index (χ1v) is 9.68. The molecule has 3 heterocycles. The summed E-state index contributed by atoms with van der Waals surface area (Å²) < 4.78 is 58.2. The van der Waals surface area contributed by atoms with E-state index >= 15 is 0 Å². The minimum absolute atomic E-state index is 0.149. The van der Waals surface area contributed by atoms with Crippen LogP contribution in [0.25, 0.3) is 11.3 Å². The van der Waals surface area contributed by atoms with Gasteiger partial charge in [-0.05, 0) is 37.2 Å². The van der Waals surface area contributed by atoms with E-state index in [-0.39, 0.29) is 18.2 Å². The Labute approximate surface area is 170 Å². The number of nitrogens with zero attached hydrogens (tertiary/aromatic N) is 3. The first-order valence-electron chi connectivity index (χ1n) is 9.68. The summed E-state index contributed by atoms with van der Waals surface area (Å²) in [6.07, 6.45) is -4.66. The van der Waals surface area contributed by atoms with Gasteiger partial charge in [0.25, 0.3) is 0 Å². The van der Waals surface area contributed by atoms with E-state index in [1.807, 2.05) is 11.9 Å². The summed E-state index contributed by atoms with van der Waals surface area (Å²) in [5.74, 6) is -0.0324. The number of phenols is 1. The van der Waals surface area contributed by atoms with Crippen LogP contribution < -0.4 is 5.32 Å². The standard InChI is InChI=1S/C20H22F4N4O2/c1-28-8-12(21)7-13(9-28)25-19-16-10-30-5-4-14(16)18(26-27-19)15-3-2-11(6-17(15)29)20(22,23)24/h2-3,6,12-13,29H,4-5,7-10H2,1H3,(H,25,27)/t12-,13-/m1/s1. The molecule has 0 radical (unpaired) electrons. The van der Waals surface area contributed by atoms with Gasteiger partial charge in [0.1, 0.15) is 17.6 Å². The van der Waals surface area contributed by atoms with Gasteiger partial charge in [-0.25, -0.2) is 4.39 Å². The van der Waals surface area contributed by atoms with Crippen molar-refractivity contribution in [3.63, 3.8) is 0 Å². The van der Waals surface area contributed by atoms with Gasteiger partial charge in [-0.15, -0.1) is 10.2 Å². The normalized spacial score (nSPS) is 22.6. The van der Waals surface area contributed by atoms with Crippen LogP contribution in [0.3, 0.4) is 0 Å². The molecule has 2 aromatic rings. The molecule has 0 unspecified atom stereocenters. The van der Waals surface area contributed by atoms with Crippen molar-refractivity contribution in [3.05, 3.63) is 34.9 Å². The monoisotopic (exact) mass is 426 g/mol. The van der Waals surface area contributed by atoms with Gasteiger partial charge in [-0.2, -0.15) is 13.2 Å². The number of fused-ring (bicyclic) bond motifs is 1. The first-order chi connectivity index (χ1) is 14.2. The molecule has 162 valence electrons. The number of hydrogen-bond acceptors (Lipinski definition) is 6. The molecule has 0 spiro atoms. The highest BCUT2D eigenvalue weighted by molar-refractivity contribution is 5.73. The van der Waals surface area contributed by atoms with E-state index in [0.29, 0.717) is 50.1 Å². The lowest BCUT2D eigenvalue weighted by molar-refractivity contribution is -0.137. The Balaban J connectivity index is 1.68. The molecule has 0 saturated carbocycles. The molecule has 1 saturated heterocycles. The third-order valence-corrected chi connectivity index (χ3v) is 5.43. The van der Waals surface area contributed by atoms with Gasteiger partial charge in [0.15, 0.2) is 5.82 Å². The topological polar surface area (TPSA) is 70.5 Å². The van der Waals surface area contributed by atoms with Crippen molar-refractivity contribution < 1.29 is 27.4 Å². The molecule has 4 rings (SSSR count). The maximum Gasteiger partial charge on any atom is 0.416 e. The largest absolute Gasteiger partial charge is 0.507 e. The van der Waals surface area contributed by atoms with E-state index in [2.05, 4.69) is 15.5 Å². The molecule has 1 aromatic carbocycles. The zero-order valence-electron chi connectivity index (χ0n) is 16.3. The summed E-state index contributed by atoms with van der Waals surface area (Å²) in [7, 11) is 1.85. The quantitative estimate of drug-likeness (QED) is 0.734. The summed E-state index contributed by atoms with van der Waals surface area (Å²) in [4.78, 5) is 1.90. The van der Waals surface area contributed by atoms with Crippen LogP contribution in [0, 0.1) is 0 Å². The summed E-state index contributed by atoms with van der Waals surface area (Å²) in [6, 6.07) is 2.65. The van der Waals surface area contributed by atoms with Crippen LogP contribution in [0.5, 0.6) is 5.75 Å². The zero-order chi connectivity index (χ0) is 21.5. The van der Waals surface area contributed by atoms with Gasteiger partial charge >= 0.3 is 6.18 Å². The van der Waals surface area contributed by atoms with Crippen LogP contribution in [0.1, 0.15) is 23.1 Å². The maximum absolute atomic E-state index is 13.9. The zero-order valence-corrected chi connectivity index (χ0v) is 16.3. The SMILES string of the molecule is CN1C[C@H](F)C[C@@H](Nc2nnc(-c3ccc(C(F)(F)F)cc3O)c3c2COCC3)C1. The van der Waals surface area contributed by atoms with Crippen LogP contribution in [-0.2, 0) is 23.9 Å². The number of anilines is 1. The minimum Gasteiger partial charge on any atom is -0.507 e. The molecule has 2 atom stereocenters. The molecule has 1 aromatic heterocycles. The van der Waals surface area contributed by atoms with E-state index in [0.717, 1.165) is 17.2 Å². The Hall–Kier alpha value is -2.46. The number of phenolic OH excluding ortho intramolecular Hbond substituents is 1. The second-order valence-electron chi connectivity index (χ2n) is 7.78. The lowest BCUT2D eigenvalue weighted by Crippen LogP contribution is -2.45. The van der Waals surface area contributed by atoms with E-state index in [1.54, 1.807) is 0 Å². The third-order valence-electron chi connectivity index (χ3n) is 5.43. The molecule has 2 aliphatic heterocycles. The van der Waals surface area contributed by atoms with Crippen molar-refractivity contribution in [3.8, 4) is 17.0 Å². The number of nitrogens with one attached hydrogen (secondary N) is 1. The number of hydrogen-bond donors (Lipinski definition) is 2. The molecule has 1 fully saturated rings. The molecule has 30 heavy (non-hydrogen) atoms. The minimum atomic E-state index is -4.55. The Morgan fingerprint density at radius 2 is 2.00 bits per heavy atom. The molecule has 0 bridgehead atoms. The summed E-state index contributed by atoms with van der Waals surface area (Å²) >= 11 is 0. The predicted molar refractivity (Wildman–Crippen MR) is 102 cm³/mol. The number of rotatable bonds is 3. The van der Waals surface area contributed by atoms with Crippen molar-refractivity contribution in [2.75, 3.05) is 32.1 Å². The molecular formula is C20H22F4N4O2. The second-order valence-corrected chi connectivity index (χ2v) is 7.78. The molecule has 0 amide bonds. The summed E-state index contributed by atoms with van der Waals surface area (Å²) in [6.45, 7) is 1.71. The van der Waals surface area contributed by atoms with E-state index in [4.69, 9.17) is 4.74 Å². The fourth-order valence-electron chi connectivity index (χ4n) is 4.07. The highest BCUT2D eigenvalue weighted by Crippen LogP contribution is 2.39. The number of ether oxygens (including phenoxy) is 1. The Kier molecular flexibility index (Phi) is 5.54. The van der Waals surface area contributed by atoms with Gasteiger partial charge in [0, 0.05) is 36.7 Å². The number of aromatic nitrogens is 2. The van der Waals surface area contributed by atoms with Crippen LogP contribution in [0.4, 0.5) is 23.4 Å². The molecule has 2 N–H and O–H groups in total. The average Bonchev–Trinajstić information content (AvgIpc) is 2.67. The van der Waals surface area contributed by atoms with Crippen molar-refractivity contribution in [1.29, 1.82) is 0 Å². The van der Waals surface area contributed by atoms with Crippen molar-refractivity contribution in [2.24, 2.45) is 0 Å². The van der Waals surface area contributed by atoms with Crippen LogP contribution in [-0.4, -0.2) is 59.2 Å². The highest BCUT2D eigenvalue weighted by Gasteiger charge is 2.32. The van der Waals surface area contributed by atoms with Gasteiger partial charge in [-0.3, -0.25) is 0 Å². The highest BCUT2D eigenvalue weighted by atomic mass is 19.4. The van der Waals surface area contributed by atoms with Gasteiger partial charge in [0.05, 0.1) is 18.8 Å². The molecule has 2 aliphatic rings. The number of halogens is 4. The smallest absolute Gasteiger partial charge is 0.416 e. The molecule has 10 heteroatoms. The van der Waals surface area contributed by atoms with Crippen molar-refractivity contribution >= 4 is 5.82 Å². The Bertz CT molecular complexity index is 928. The van der Waals surface area contributed by atoms with Crippen molar-refractivity contribution in [2.45, 2.75) is 37.8 Å².